The first kappa shape index (κ1) is 26.8. The highest BCUT2D eigenvalue weighted by atomic mass is 16.6. The van der Waals surface area contributed by atoms with Crippen molar-refractivity contribution in [2.24, 2.45) is 0 Å². The first-order chi connectivity index (χ1) is 13.4. The van der Waals surface area contributed by atoms with Crippen molar-refractivity contribution < 1.29 is 23.7 Å². The highest BCUT2D eigenvalue weighted by Gasteiger charge is 1.95. The van der Waals surface area contributed by atoms with Crippen molar-refractivity contribution in [2.45, 2.75) is 77.6 Å². The molecule has 0 aromatic carbocycles. The molecule has 164 valence electrons. The first-order valence-electron chi connectivity index (χ1n) is 11.2. The summed E-state index contributed by atoms with van der Waals surface area (Å²) in [5.41, 5.74) is 0. The Balaban J connectivity index is 2.95. The van der Waals surface area contributed by atoms with Gasteiger partial charge in [-0.1, -0.05) is 71.1 Å². The molecule has 0 heterocycles. The maximum absolute atomic E-state index is 5.60. The van der Waals surface area contributed by atoms with Crippen LogP contribution in [0.2, 0.25) is 0 Å². The Kier molecular flexibility index (Phi) is 25.6. The van der Waals surface area contributed by atoms with Gasteiger partial charge < -0.3 is 23.7 Å². The number of hydrogen-bond donors (Lipinski definition) is 0. The smallest absolute Gasteiger partial charge is 0.0701 e. The van der Waals surface area contributed by atoms with Crippen LogP contribution in [0.5, 0.6) is 0 Å². The van der Waals surface area contributed by atoms with Gasteiger partial charge in [0.25, 0.3) is 0 Å². The molecule has 0 fully saturated rings. The predicted molar refractivity (Wildman–Crippen MR) is 112 cm³/mol. The van der Waals surface area contributed by atoms with E-state index in [0.717, 1.165) is 6.61 Å². The molecule has 0 unspecified atom stereocenters. The molecule has 0 bridgehead atoms. The Morgan fingerprint density at radius 2 is 0.704 bits per heavy atom. The van der Waals surface area contributed by atoms with E-state index in [9.17, 15) is 0 Å². The van der Waals surface area contributed by atoms with Gasteiger partial charge in [-0.3, -0.25) is 0 Å². The maximum Gasteiger partial charge on any atom is 0.0701 e. The molecule has 0 spiro atoms. The molecule has 5 heteroatoms. The summed E-state index contributed by atoms with van der Waals surface area (Å²) < 4.78 is 26.7. The lowest BCUT2D eigenvalue weighted by Gasteiger charge is -2.07. The zero-order chi connectivity index (χ0) is 19.7. The van der Waals surface area contributed by atoms with E-state index in [0.29, 0.717) is 52.9 Å². The summed E-state index contributed by atoms with van der Waals surface area (Å²) in [5.74, 6) is 0. The van der Waals surface area contributed by atoms with E-state index in [1.54, 1.807) is 7.11 Å². The van der Waals surface area contributed by atoms with Gasteiger partial charge in [-0.15, -0.1) is 0 Å². The van der Waals surface area contributed by atoms with Crippen LogP contribution in [0, 0.1) is 0 Å². The lowest BCUT2D eigenvalue weighted by molar-refractivity contribution is -0.00800. The molecule has 0 aliphatic rings. The average molecular weight is 391 g/mol. The minimum atomic E-state index is 0.600. The summed E-state index contributed by atoms with van der Waals surface area (Å²) >= 11 is 0. The molecule has 27 heavy (non-hydrogen) atoms. The molecule has 5 nitrogen and oxygen atoms in total. The molecule has 0 N–H and O–H groups in total. The summed E-state index contributed by atoms with van der Waals surface area (Å²) in [6, 6.07) is 0. The molecule has 0 radical (unpaired) electrons. The highest BCUT2D eigenvalue weighted by Crippen LogP contribution is 2.11. The molecule has 0 saturated heterocycles. The second-order valence-corrected chi connectivity index (χ2v) is 6.98. The lowest BCUT2D eigenvalue weighted by Crippen LogP contribution is -2.13. The van der Waals surface area contributed by atoms with E-state index in [1.807, 2.05) is 0 Å². The van der Waals surface area contributed by atoms with Gasteiger partial charge in [0.05, 0.1) is 52.9 Å². The van der Waals surface area contributed by atoms with E-state index < -0.39 is 0 Å². The molecule has 0 amide bonds. The fraction of sp³-hybridized carbons (Fsp3) is 1.00. The molecule has 0 aliphatic heterocycles. The van der Waals surface area contributed by atoms with Crippen molar-refractivity contribution in [3.63, 3.8) is 0 Å². The van der Waals surface area contributed by atoms with Crippen LogP contribution in [0.15, 0.2) is 0 Å². The number of methoxy groups -OCH3 is 1. The van der Waals surface area contributed by atoms with Crippen LogP contribution in [-0.4, -0.2) is 66.6 Å². The third kappa shape index (κ3) is 25.8. The number of hydrogen-bond acceptors (Lipinski definition) is 5. The average Bonchev–Trinajstić information content (AvgIpc) is 2.68. The minimum Gasteiger partial charge on any atom is -0.382 e. The molecular weight excluding hydrogens is 344 g/mol. The molecule has 0 aromatic heterocycles. The van der Waals surface area contributed by atoms with Crippen LogP contribution in [0.4, 0.5) is 0 Å². The Morgan fingerprint density at radius 1 is 0.370 bits per heavy atom. The second kappa shape index (κ2) is 25.8. The van der Waals surface area contributed by atoms with Crippen molar-refractivity contribution in [1.82, 2.24) is 0 Å². The second-order valence-electron chi connectivity index (χ2n) is 6.98. The van der Waals surface area contributed by atoms with Gasteiger partial charge in [0.1, 0.15) is 0 Å². The van der Waals surface area contributed by atoms with Crippen LogP contribution in [0.25, 0.3) is 0 Å². The molecule has 0 aliphatic carbocycles. The van der Waals surface area contributed by atoms with Crippen LogP contribution in [0.3, 0.4) is 0 Å². The fourth-order valence-corrected chi connectivity index (χ4v) is 2.77. The number of ether oxygens (including phenoxy) is 5. The van der Waals surface area contributed by atoms with E-state index in [-0.39, 0.29) is 0 Å². The Labute approximate surface area is 168 Å². The summed E-state index contributed by atoms with van der Waals surface area (Å²) in [4.78, 5) is 0. The van der Waals surface area contributed by atoms with Crippen LogP contribution in [-0.2, 0) is 23.7 Å². The molecule has 0 rings (SSSR count). The van der Waals surface area contributed by atoms with Gasteiger partial charge >= 0.3 is 0 Å². The van der Waals surface area contributed by atoms with Gasteiger partial charge in [0, 0.05) is 13.7 Å². The van der Waals surface area contributed by atoms with E-state index >= 15 is 0 Å². The van der Waals surface area contributed by atoms with Crippen LogP contribution in [0.1, 0.15) is 77.6 Å². The largest absolute Gasteiger partial charge is 0.382 e. The maximum atomic E-state index is 5.60. The number of unbranched alkanes of at least 4 members (excludes halogenated alkanes) is 10. The highest BCUT2D eigenvalue weighted by molar-refractivity contribution is 4.48. The van der Waals surface area contributed by atoms with E-state index in [4.69, 9.17) is 23.7 Å². The minimum absolute atomic E-state index is 0.600. The van der Waals surface area contributed by atoms with Crippen molar-refractivity contribution in [3.05, 3.63) is 0 Å². The quantitative estimate of drug-likeness (QED) is 0.217. The summed E-state index contributed by atoms with van der Waals surface area (Å²) in [6.07, 6.45) is 15.0. The Morgan fingerprint density at radius 3 is 1.11 bits per heavy atom. The van der Waals surface area contributed by atoms with Crippen LogP contribution >= 0.6 is 0 Å². The van der Waals surface area contributed by atoms with Gasteiger partial charge in [0.2, 0.25) is 0 Å². The standard InChI is InChI=1S/C22H46O5/c1-3-4-5-6-7-8-9-10-11-12-13-14-24-17-18-26-21-22-27-20-19-25-16-15-23-2/h3-22H2,1-2H3. The van der Waals surface area contributed by atoms with E-state index in [2.05, 4.69) is 6.92 Å². The van der Waals surface area contributed by atoms with Crippen molar-refractivity contribution in [3.8, 4) is 0 Å². The Hall–Kier alpha value is -0.200. The summed E-state index contributed by atoms with van der Waals surface area (Å²) in [6.45, 7) is 8.12. The normalized spacial score (nSPS) is 11.3. The van der Waals surface area contributed by atoms with Gasteiger partial charge in [-0.2, -0.15) is 0 Å². The topological polar surface area (TPSA) is 46.2 Å². The zero-order valence-corrected chi connectivity index (χ0v) is 18.2. The van der Waals surface area contributed by atoms with Crippen molar-refractivity contribution >= 4 is 0 Å². The third-order valence-electron chi connectivity index (χ3n) is 4.44. The van der Waals surface area contributed by atoms with Gasteiger partial charge in [-0.05, 0) is 6.42 Å². The molecule has 0 saturated carbocycles. The first-order valence-corrected chi connectivity index (χ1v) is 11.2. The van der Waals surface area contributed by atoms with Gasteiger partial charge in [0.15, 0.2) is 0 Å². The monoisotopic (exact) mass is 390 g/mol. The molecule has 0 aromatic rings. The van der Waals surface area contributed by atoms with Crippen molar-refractivity contribution in [2.75, 3.05) is 66.6 Å². The molecule has 0 atom stereocenters. The molecular formula is C22H46O5. The van der Waals surface area contributed by atoms with E-state index in [1.165, 1.54) is 70.6 Å². The van der Waals surface area contributed by atoms with Crippen LogP contribution < -0.4 is 0 Å². The summed E-state index contributed by atoms with van der Waals surface area (Å²) in [5, 5.41) is 0. The zero-order valence-electron chi connectivity index (χ0n) is 18.2. The lowest BCUT2D eigenvalue weighted by atomic mass is 10.1. The SMILES string of the molecule is CCCCCCCCCCCCCOCCOCCOCCOCCOC. The predicted octanol–water partition coefficient (Wildman–Crippen LogP) is 5.01. The van der Waals surface area contributed by atoms with Crippen molar-refractivity contribution in [1.29, 1.82) is 0 Å². The third-order valence-corrected chi connectivity index (χ3v) is 4.44. The Bertz CT molecular complexity index is 227. The van der Waals surface area contributed by atoms with Gasteiger partial charge in [-0.25, -0.2) is 0 Å². The fourth-order valence-electron chi connectivity index (χ4n) is 2.77. The summed E-state index contributed by atoms with van der Waals surface area (Å²) in [7, 11) is 1.67. The number of rotatable bonds is 24.